The minimum absolute atomic E-state index is 0.172. The van der Waals surface area contributed by atoms with Crippen LogP contribution in [0.2, 0.25) is 0 Å². The van der Waals surface area contributed by atoms with Crippen LogP contribution in [0.3, 0.4) is 0 Å². The van der Waals surface area contributed by atoms with Crippen LogP contribution in [0.15, 0.2) is 29.2 Å². The van der Waals surface area contributed by atoms with Crippen LogP contribution in [0.5, 0.6) is 0 Å². The van der Waals surface area contributed by atoms with E-state index < -0.39 is 10.0 Å². The monoisotopic (exact) mass is 216 g/mol. The van der Waals surface area contributed by atoms with Crippen LogP contribution in [-0.4, -0.2) is 8.42 Å². The lowest BCUT2D eigenvalue weighted by molar-refractivity contribution is 0.500. The third-order valence-electron chi connectivity index (χ3n) is 1.59. The van der Waals surface area contributed by atoms with Gasteiger partial charge in [-0.15, -0.1) is 4.83 Å². The van der Waals surface area contributed by atoms with Crippen LogP contribution >= 0.6 is 0 Å². The second kappa shape index (κ2) is 4.49. The van der Waals surface area contributed by atoms with Gasteiger partial charge in [-0.05, 0) is 19.1 Å². The molecule has 5 N–H and O–H groups in total. The van der Waals surface area contributed by atoms with E-state index in [1.54, 1.807) is 12.1 Å². The molecule has 0 saturated heterocycles. The molecule has 0 amide bonds. The van der Waals surface area contributed by atoms with Crippen LogP contribution in [0.25, 0.3) is 0 Å². The topological polar surface area (TPSA) is 96.2 Å². The van der Waals surface area contributed by atoms with Crippen molar-refractivity contribution in [2.45, 2.75) is 11.8 Å². The van der Waals surface area contributed by atoms with Crippen LogP contribution in [0.1, 0.15) is 5.56 Å². The molecule has 0 aliphatic rings. The molecule has 0 unspecified atom stereocenters. The van der Waals surface area contributed by atoms with Gasteiger partial charge in [0.1, 0.15) is 0 Å². The first-order valence-corrected chi connectivity index (χ1v) is 5.33. The van der Waals surface area contributed by atoms with Crippen molar-refractivity contribution < 1.29 is 8.42 Å². The summed E-state index contributed by atoms with van der Waals surface area (Å²) in [4.78, 5) is 2.20. The first-order valence-electron chi connectivity index (χ1n) is 3.85. The largest absolute Gasteiger partial charge is 0.257 e. The van der Waals surface area contributed by atoms with Gasteiger partial charge in [-0.1, -0.05) is 17.7 Å². The minimum atomic E-state index is -3.54. The lowest BCUT2D eigenvalue weighted by atomic mass is 10.2. The summed E-state index contributed by atoms with van der Waals surface area (Å²) in [6, 6.07) is 6.45. The van der Waals surface area contributed by atoms with E-state index >= 15 is 0 Å². The van der Waals surface area contributed by atoms with Gasteiger partial charge in [-0.25, -0.2) is 8.42 Å². The summed E-state index contributed by atoms with van der Waals surface area (Å²) >= 11 is 0. The Morgan fingerprint density at radius 1 is 1.21 bits per heavy atom. The van der Waals surface area contributed by atoms with Crippen molar-refractivity contribution in [1.29, 1.82) is 0 Å². The van der Waals surface area contributed by atoms with Gasteiger partial charge in [0.2, 0.25) is 0 Å². The molecule has 7 heteroatoms. The Morgan fingerprint density at radius 2 is 1.79 bits per heavy atom. The maximum atomic E-state index is 11.4. The van der Waals surface area contributed by atoms with Gasteiger partial charge in [0, 0.05) is 0 Å². The van der Waals surface area contributed by atoms with E-state index in [1.807, 2.05) is 17.3 Å². The molecule has 0 radical (unpaired) electrons. The van der Waals surface area contributed by atoms with Crippen molar-refractivity contribution in [1.82, 2.24) is 15.9 Å². The molecule has 0 aliphatic heterocycles. The van der Waals surface area contributed by atoms with Gasteiger partial charge in [0.15, 0.2) is 0 Å². The van der Waals surface area contributed by atoms with Crippen molar-refractivity contribution in [2.24, 2.45) is 5.84 Å². The Hall–Kier alpha value is -0.990. The fourth-order valence-corrected chi connectivity index (χ4v) is 1.68. The van der Waals surface area contributed by atoms with Gasteiger partial charge >= 0.3 is 0 Å². The maximum absolute atomic E-state index is 11.4. The lowest BCUT2D eigenvalue weighted by Crippen LogP contribution is -2.49. The van der Waals surface area contributed by atoms with Crippen LogP contribution in [0, 0.1) is 6.92 Å². The Kier molecular flexibility index (Phi) is 3.55. The predicted octanol–water partition coefficient (Wildman–Crippen LogP) is -0.844. The first-order chi connectivity index (χ1) is 6.56. The molecule has 1 rings (SSSR count). The predicted molar refractivity (Wildman–Crippen MR) is 52.0 cm³/mol. The highest BCUT2D eigenvalue weighted by molar-refractivity contribution is 7.89. The number of hydrogen-bond donors (Lipinski definition) is 4. The first kappa shape index (κ1) is 11.1. The molecular weight excluding hydrogens is 204 g/mol. The van der Waals surface area contributed by atoms with Crippen LogP contribution in [-0.2, 0) is 10.0 Å². The second-order valence-electron chi connectivity index (χ2n) is 2.69. The molecule has 1 aromatic carbocycles. The zero-order chi connectivity index (χ0) is 10.6. The minimum Gasteiger partial charge on any atom is -0.257 e. The third kappa shape index (κ3) is 2.76. The summed E-state index contributed by atoms with van der Waals surface area (Å²) in [5, 5.41) is 0. The number of sulfonamides is 1. The number of aryl methyl sites for hydroxylation is 1. The number of hydrogen-bond acceptors (Lipinski definition) is 5. The number of rotatable bonds is 4. The summed E-state index contributed by atoms with van der Waals surface area (Å²) in [6.07, 6.45) is 0. The quantitative estimate of drug-likeness (QED) is 0.388. The average Bonchev–Trinajstić information content (AvgIpc) is 2.16. The molecule has 0 atom stereocenters. The van der Waals surface area contributed by atoms with Crippen molar-refractivity contribution in [2.75, 3.05) is 0 Å². The summed E-state index contributed by atoms with van der Waals surface area (Å²) in [5.41, 5.74) is 5.05. The number of nitrogens with one attached hydrogen (secondary N) is 3. The number of nitrogens with two attached hydrogens (primary N) is 1. The fraction of sp³-hybridized carbons (Fsp3) is 0.143. The maximum Gasteiger partial charge on any atom is 0.254 e. The highest BCUT2D eigenvalue weighted by atomic mass is 32.2. The molecule has 0 spiro atoms. The number of hydrazine groups is 3. The summed E-state index contributed by atoms with van der Waals surface area (Å²) in [7, 11) is -3.54. The molecule has 1 aromatic rings. The van der Waals surface area contributed by atoms with Gasteiger partial charge in [-0.3, -0.25) is 5.84 Å². The number of benzene rings is 1. The molecular formula is C7H12N4O2S. The molecule has 0 fully saturated rings. The van der Waals surface area contributed by atoms with E-state index in [4.69, 9.17) is 5.84 Å². The van der Waals surface area contributed by atoms with E-state index in [-0.39, 0.29) is 4.90 Å². The third-order valence-corrected chi connectivity index (χ3v) is 2.85. The fourth-order valence-electron chi connectivity index (χ4n) is 0.873. The average molecular weight is 216 g/mol. The Bertz CT molecular complexity index is 387. The van der Waals surface area contributed by atoms with E-state index in [2.05, 4.69) is 5.53 Å². The van der Waals surface area contributed by atoms with Crippen LogP contribution < -0.4 is 21.7 Å². The molecule has 78 valence electrons. The summed E-state index contributed by atoms with van der Waals surface area (Å²) in [6.45, 7) is 1.88. The Labute approximate surface area is 82.5 Å². The highest BCUT2D eigenvalue weighted by Crippen LogP contribution is 2.08. The normalized spacial score (nSPS) is 11.6. The summed E-state index contributed by atoms with van der Waals surface area (Å²) < 4.78 is 22.9. The van der Waals surface area contributed by atoms with Crippen molar-refractivity contribution in [3.05, 3.63) is 29.8 Å². The lowest BCUT2D eigenvalue weighted by Gasteiger charge is -2.06. The summed E-state index contributed by atoms with van der Waals surface area (Å²) in [5.74, 6) is 4.85. The van der Waals surface area contributed by atoms with E-state index in [1.165, 1.54) is 12.1 Å². The van der Waals surface area contributed by atoms with Gasteiger partial charge < -0.3 is 0 Å². The van der Waals surface area contributed by atoms with E-state index in [9.17, 15) is 8.42 Å². The van der Waals surface area contributed by atoms with Crippen molar-refractivity contribution in [3.63, 3.8) is 0 Å². The van der Waals surface area contributed by atoms with Gasteiger partial charge in [0.05, 0.1) is 4.90 Å². The van der Waals surface area contributed by atoms with Crippen molar-refractivity contribution >= 4 is 10.0 Å². The zero-order valence-electron chi connectivity index (χ0n) is 7.61. The molecule has 0 saturated carbocycles. The standard InChI is InChI=1S/C7H12N4O2S/c1-6-2-4-7(5-3-6)14(12,13)11-10-9-8/h2-5,9-11H,8H2,1H3. The van der Waals surface area contributed by atoms with E-state index in [0.717, 1.165) is 5.56 Å². The second-order valence-corrected chi connectivity index (χ2v) is 4.37. The zero-order valence-corrected chi connectivity index (χ0v) is 8.43. The SMILES string of the molecule is Cc1ccc(S(=O)(=O)NNNN)cc1. The Morgan fingerprint density at radius 3 is 2.29 bits per heavy atom. The van der Waals surface area contributed by atoms with Crippen LogP contribution in [0.4, 0.5) is 0 Å². The van der Waals surface area contributed by atoms with Gasteiger partial charge in [-0.2, -0.15) is 11.1 Å². The molecule has 0 heterocycles. The Balaban J connectivity index is 2.87. The van der Waals surface area contributed by atoms with Gasteiger partial charge in [0.25, 0.3) is 10.0 Å². The van der Waals surface area contributed by atoms with Crippen molar-refractivity contribution in [3.8, 4) is 0 Å². The van der Waals surface area contributed by atoms with E-state index in [0.29, 0.717) is 0 Å². The highest BCUT2D eigenvalue weighted by Gasteiger charge is 2.11. The molecule has 0 aliphatic carbocycles. The molecule has 0 aromatic heterocycles. The smallest absolute Gasteiger partial charge is 0.254 e. The molecule has 6 nitrogen and oxygen atoms in total. The molecule has 14 heavy (non-hydrogen) atoms. The molecule has 0 bridgehead atoms.